The Labute approximate surface area is 95.8 Å². The van der Waals surface area contributed by atoms with Gasteiger partial charge in [0.2, 0.25) is 0 Å². The predicted molar refractivity (Wildman–Crippen MR) is 62.1 cm³/mol. The van der Waals surface area contributed by atoms with E-state index in [0.717, 1.165) is 5.69 Å². The number of amides is 1. The Balaban J connectivity index is 2.09. The Morgan fingerprint density at radius 1 is 1.38 bits per heavy atom. The SMILES string of the molecule is Cc1[nH]ncc1C(=O)NC1C(C)(C)C1(C)C. The first-order chi connectivity index (χ1) is 7.28. The van der Waals surface area contributed by atoms with Crippen LogP contribution in [0.15, 0.2) is 6.20 Å². The van der Waals surface area contributed by atoms with Gasteiger partial charge in [0.05, 0.1) is 11.8 Å². The van der Waals surface area contributed by atoms with Crippen LogP contribution < -0.4 is 5.32 Å². The minimum Gasteiger partial charge on any atom is -0.348 e. The standard InChI is InChI=1S/C12H19N3O/c1-7-8(6-13-15-7)9(16)14-10-11(2,3)12(10,4)5/h6,10H,1-5H3,(H,13,15)(H,14,16). The fourth-order valence-corrected chi connectivity index (χ4v) is 2.35. The van der Waals surface area contributed by atoms with Gasteiger partial charge < -0.3 is 5.32 Å². The molecule has 1 aromatic rings. The number of aryl methyl sites for hydroxylation is 1. The van der Waals surface area contributed by atoms with E-state index in [1.807, 2.05) is 6.92 Å². The molecule has 4 heteroatoms. The molecule has 0 radical (unpaired) electrons. The Morgan fingerprint density at radius 2 is 1.94 bits per heavy atom. The number of carbonyl (C=O) groups excluding carboxylic acids is 1. The highest BCUT2D eigenvalue weighted by atomic mass is 16.1. The Bertz CT molecular complexity index is 417. The minimum atomic E-state index is -0.0325. The van der Waals surface area contributed by atoms with Gasteiger partial charge in [0.15, 0.2) is 0 Å². The molecule has 0 unspecified atom stereocenters. The van der Waals surface area contributed by atoms with Gasteiger partial charge >= 0.3 is 0 Å². The van der Waals surface area contributed by atoms with E-state index in [1.165, 1.54) is 0 Å². The van der Waals surface area contributed by atoms with Crippen molar-refractivity contribution in [2.75, 3.05) is 0 Å². The van der Waals surface area contributed by atoms with Crippen LogP contribution in [0.4, 0.5) is 0 Å². The largest absolute Gasteiger partial charge is 0.348 e. The number of H-pyrrole nitrogens is 1. The number of nitrogens with one attached hydrogen (secondary N) is 2. The molecule has 16 heavy (non-hydrogen) atoms. The van der Waals surface area contributed by atoms with Crippen LogP contribution in [0.1, 0.15) is 43.7 Å². The lowest BCUT2D eigenvalue weighted by Gasteiger charge is -2.05. The van der Waals surface area contributed by atoms with Crippen LogP contribution in [-0.2, 0) is 0 Å². The van der Waals surface area contributed by atoms with Gasteiger partial charge in [-0.1, -0.05) is 27.7 Å². The number of hydrogen-bond donors (Lipinski definition) is 2. The van der Waals surface area contributed by atoms with Crippen molar-refractivity contribution in [1.29, 1.82) is 0 Å². The van der Waals surface area contributed by atoms with E-state index in [0.29, 0.717) is 5.56 Å². The number of carbonyl (C=O) groups is 1. The van der Waals surface area contributed by atoms with E-state index in [1.54, 1.807) is 6.20 Å². The summed E-state index contributed by atoms with van der Waals surface area (Å²) in [4.78, 5) is 12.0. The van der Waals surface area contributed by atoms with Gasteiger partial charge in [-0.15, -0.1) is 0 Å². The normalized spacial score (nSPS) is 21.8. The molecule has 88 valence electrons. The molecule has 0 atom stereocenters. The van der Waals surface area contributed by atoms with Gasteiger partial charge in [0.25, 0.3) is 5.91 Å². The summed E-state index contributed by atoms with van der Waals surface area (Å²) in [5.41, 5.74) is 1.79. The summed E-state index contributed by atoms with van der Waals surface area (Å²) in [6, 6.07) is 0.238. The lowest BCUT2D eigenvalue weighted by atomic mass is 10.0. The first-order valence-corrected chi connectivity index (χ1v) is 5.59. The molecule has 0 spiro atoms. The molecule has 0 aliphatic heterocycles. The maximum Gasteiger partial charge on any atom is 0.254 e. The fourth-order valence-electron chi connectivity index (χ4n) is 2.35. The van der Waals surface area contributed by atoms with E-state index in [9.17, 15) is 4.79 Å². The first kappa shape index (κ1) is 11.2. The van der Waals surface area contributed by atoms with E-state index in [-0.39, 0.29) is 22.8 Å². The molecule has 0 saturated heterocycles. The van der Waals surface area contributed by atoms with Gasteiger partial charge in [-0.2, -0.15) is 5.10 Å². The maximum atomic E-state index is 12.0. The molecule has 1 saturated carbocycles. The summed E-state index contributed by atoms with van der Waals surface area (Å²) >= 11 is 0. The molecule has 2 N–H and O–H groups in total. The summed E-state index contributed by atoms with van der Waals surface area (Å²) in [5, 5.41) is 9.71. The van der Waals surface area contributed by atoms with Gasteiger partial charge in [0, 0.05) is 11.7 Å². The van der Waals surface area contributed by atoms with Crippen molar-refractivity contribution in [2.45, 2.75) is 40.7 Å². The van der Waals surface area contributed by atoms with E-state index in [4.69, 9.17) is 0 Å². The zero-order valence-electron chi connectivity index (χ0n) is 10.5. The number of aromatic amines is 1. The summed E-state index contributed by atoms with van der Waals surface area (Å²) in [6.45, 7) is 10.6. The number of nitrogens with zero attached hydrogens (tertiary/aromatic N) is 1. The maximum absolute atomic E-state index is 12.0. The number of hydrogen-bond acceptors (Lipinski definition) is 2. The molecule has 2 rings (SSSR count). The quantitative estimate of drug-likeness (QED) is 0.801. The highest BCUT2D eigenvalue weighted by Gasteiger charge is 2.65. The fraction of sp³-hybridized carbons (Fsp3) is 0.667. The van der Waals surface area contributed by atoms with Crippen LogP contribution in [0.25, 0.3) is 0 Å². The van der Waals surface area contributed by atoms with Crippen LogP contribution in [0.5, 0.6) is 0 Å². The third-order valence-corrected chi connectivity index (χ3v) is 4.37. The molecule has 0 aromatic carbocycles. The summed E-state index contributed by atoms with van der Waals surface area (Å²) in [5.74, 6) is -0.0325. The zero-order valence-corrected chi connectivity index (χ0v) is 10.5. The number of aromatic nitrogens is 2. The predicted octanol–water partition coefficient (Wildman–Crippen LogP) is 1.88. The van der Waals surface area contributed by atoms with Gasteiger partial charge in [-0.3, -0.25) is 9.89 Å². The van der Waals surface area contributed by atoms with Crippen LogP contribution in [0.3, 0.4) is 0 Å². The van der Waals surface area contributed by atoms with Crippen LogP contribution >= 0.6 is 0 Å². The third-order valence-electron chi connectivity index (χ3n) is 4.37. The molecule has 1 aliphatic rings. The van der Waals surface area contributed by atoms with Crippen molar-refractivity contribution < 1.29 is 4.79 Å². The Kier molecular flexibility index (Phi) is 2.16. The lowest BCUT2D eigenvalue weighted by Crippen LogP contribution is -2.29. The second kappa shape index (κ2) is 3.09. The Hall–Kier alpha value is -1.32. The topological polar surface area (TPSA) is 57.8 Å². The number of rotatable bonds is 2. The molecule has 0 bridgehead atoms. The van der Waals surface area contributed by atoms with E-state index < -0.39 is 0 Å². The van der Waals surface area contributed by atoms with Gasteiger partial charge in [-0.05, 0) is 17.8 Å². The van der Waals surface area contributed by atoms with E-state index in [2.05, 4.69) is 43.2 Å². The average Bonchev–Trinajstić information content (AvgIpc) is 2.57. The molecule has 1 heterocycles. The van der Waals surface area contributed by atoms with E-state index >= 15 is 0 Å². The molecule has 1 fully saturated rings. The molecular weight excluding hydrogens is 202 g/mol. The van der Waals surface area contributed by atoms with Crippen molar-refractivity contribution >= 4 is 5.91 Å². The molecule has 1 amide bonds. The van der Waals surface area contributed by atoms with Crippen molar-refractivity contribution in [2.24, 2.45) is 10.8 Å². The van der Waals surface area contributed by atoms with Crippen molar-refractivity contribution in [3.05, 3.63) is 17.5 Å². The van der Waals surface area contributed by atoms with Crippen molar-refractivity contribution in [1.82, 2.24) is 15.5 Å². The smallest absolute Gasteiger partial charge is 0.254 e. The second-order valence-corrected chi connectivity index (χ2v) is 5.76. The Morgan fingerprint density at radius 3 is 2.31 bits per heavy atom. The minimum absolute atomic E-state index is 0.0325. The van der Waals surface area contributed by atoms with Gasteiger partial charge in [0.1, 0.15) is 0 Å². The lowest BCUT2D eigenvalue weighted by molar-refractivity contribution is 0.0943. The third kappa shape index (κ3) is 1.36. The van der Waals surface area contributed by atoms with Crippen molar-refractivity contribution in [3.63, 3.8) is 0 Å². The van der Waals surface area contributed by atoms with Gasteiger partial charge in [-0.25, -0.2) is 0 Å². The monoisotopic (exact) mass is 221 g/mol. The van der Waals surface area contributed by atoms with Crippen LogP contribution in [0, 0.1) is 17.8 Å². The zero-order chi connectivity index (χ0) is 12.1. The first-order valence-electron chi connectivity index (χ1n) is 5.59. The molecule has 4 nitrogen and oxygen atoms in total. The molecule has 1 aliphatic carbocycles. The second-order valence-electron chi connectivity index (χ2n) is 5.76. The van der Waals surface area contributed by atoms with Crippen LogP contribution in [0.2, 0.25) is 0 Å². The summed E-state index contributed by atoms with van der Waals surface area (Å²) in [6.07, 6.45) is 1.58. The van der Waals surface area contributed by atoms with Crippen LogP contribution in [-0.4, -0.2) is 22.1 Å². The average molecular weight is 221 g/mol. The highest BCUT2D eigenvalue weighted by molar-refractivity contribution is 5.95. The summed E-state index contributed by atoms with van der Waals surface area (Å²) in [7, 11) is 0. The van der Waals surface area contributed by atoms with Crippen molar-refractivity contribution in [3.8, 4) is 0 Å². The summed E-state index contributed by atoms with van der Waals surface area (Å²) < 4.78 is 0. The highest BCUT2D eigenvalue weighted by Crippen LogP contribution is 2.62. The molecular formula is C12H19N3O. The molecule has 1 aromatic heterocycles.